The normalized spacial score (nSPS) is 19.4. The van der Waals surface area contributed by atoms with Crippen LogP contribution in [0.1, 0.15) is 40.8 Å². The highest BCUT2D eigenvalue weighted by Crippen LogP contribution is 2.48. The second-order valence-corrected chi connectivity index (χ2v) is 9.44. The van der Waals surface area contributed by atoms with Crippen LogP contribution in [-0.2, 0) is 19.0 Å². The molecule has 1 aromatic heterocycles. The molecule has 1 heterocycles. The Hall–Kier alpha value is -1.60. The molecular weight excluding hydrogens is 437 g/mol. The molecule has 1 N–H and O–H groups in total. The number of aromatic hydroxyl groups is 1. The van der Waals surface area contributed by atoms with Gasteiger partial charge in [0, 0.05) is 18.2 Å². The van der Waals surface area contributed by atoms with E-state index >= 15 is 4.39 Å². The zero-order valence-corrected chi connectivity index (χ0v) is 19.2. The molecule has 0 amide bonds. The third-order valence-electron chi connectivity index (χ3n) is 5.69. The van der Waals surface area contributed by atoms with Crippen LogP contribution in [0.5, 0.6) is 5.88 Å². The molecule has 3 rings (SSSR count). The van der Waals surface area contributed by atoms with Gasteiger partial charge in [0.25, 0.3) is 0 Å². The van der Waals surface area contributed by atoms with Crippen molar-refractivity contribution in [1.82, 2.24) is 9.97 Å². The molecule has 1 aliphatic carbocycles. The number of thioether (sulfide) groups is 1. The molecule has 3 atom stereocenters. The van der Waals surface area contributed by atoms with Crippen LogP contribution in [0, 0.1) is 18.7 Å². The van der Waals surface area contributed by atoms with Crippen molar-refractivity contribution in [1.29, 1.82) is 0 Å². The number of hydrogen-bond acceptors (Lipinski definition) is 5. The molecule has 3 unspecified atom stereocenters. The lowest BCUT2D eigenvalue weighted by Gasteiger charge is -2.34. The molecule has 30 heavy (non-hydrogen) atoms. The summed E-state index contributed by atoms with van der Waals surface area (Å²) in [6.45, 7) is 5.00. The third-order valence-corrected chi connectivity index (χ3v) is 7.15. The summed E-state index contributed by atoms with van der Waals surface area (Å²) in [5, 5.41) is 10.6. The van der Waals surface area contributed by atoms with Crippen LogP contribution in [0.4, 0.5) is 23.2 Å². The number of rotatable bonds is 4. The third kappa shape index (κ3) is 4.11. The van der Waals surface area contributed by atoms with Gasteiger partial charge < -0.3 is 9.78 Å². The van der Waals surface area contributed by atoms with Crippen molar-refractivity contribution in [3.05, 3.63) is 39.8 Å². The van der Waals surface area contributed by atoms with E-state index in [1.165, 1.54) is 24.8 Å². The Labute approximate surface area is 179 Å². The molecule has 4 nitrogen and oxygen atoms in total. The predicted octanol–water partition coefficient (Wildman–Crippen LogP) is 5.55. The van der Waals surface area contributed by atoms with E-state index in [4.69, 9.17) is 0 Å². The molecule has 0 bridgehead atoms. The van der Waals surface area contributed by atoms with Crippen molar-refractivity contribution in [2.45, 2.75) is 43.9 Å². The minimum atomic E-state index is -4.68. The average molecular weight is 461 g/mol. The van der Waals surface area contributed by atoms with E-state index in [0.717, 1.165) is 0 Å². The maximum Gasteiger partial charge on any atom is 0.417 e. The van der Waals surface area contributed by atoms with Gasteiger partial charge in [-0.3, -0.25) is 0 Å². The number of hydrogen-bond donors (Lipinski definition) is 1. The van der Waals surface area contributed by atoms with Crippen molar-refractivity contribution in [3.63, 3.8) is 0 Å². The molecular formula is C20H24F4N3OPS. The summed E-state index contributed by atoms with van der Waals surface area (Å²) in [6.07, 6.45) is -2.53. The van der Waals surface area contributed by atoms with Gasteiger partial charge in [-0.05, 0) is 64.9 Å². The monoisotopic (exact) mass is 461 g/mol. The van der Waals surface area contributed by atoms with E-state index in [9.17, 15) is 18.3 Å². The Morgan fingerprint density at radius 1 is 1.27 bits per heavy atom. The van der Waals surface area contributed by atoms with Gasteiger partial charge in [-0.2, -0.15) is 18.2 Å². The van der Waals surface area contributed by atoms with Crippen LogP contribution in [0.3, 0.4) is 0 Å². The largest absolute Gasteiger partial charge is 0.493 e. The summed E-state index contributed by atoms with van der Waals surface area (Å²) < 4.78 is 59.3. The van der Waals surface area contributed by atoms with Crippen LogP contribution in [0.15, 0.2) is 11.2 Å². The molecule has 0 saturated carbocycles. The van der Waals surface area contributed by atoms with Crippen LogP contribution in [-0.4, -0.2) is 35.0 Å². The Balaban J connectivity index is 2.23. The predicted molar refractivity (Wildman–Crippen MR) is 114 cm³/mol. The Kier molecular flexibility index (Phi) is 6.54. The second kappa shape index (κ2) is 8.50. The van der Waals surface area contributed by atoms with Crippen molar-refractivity contribution in [2.24, 2.45) is 5.92 Å². The van der Waals surface area contributed by atoms with E-state index in [2.05, 4.69) is 9.97 Å². The lowest BCUT2D eigenvalue weighted by molar-refractivity contribution is -0.139. The Morgan fingerprint density at radius 3 is 2.50 bits per heavy atom. The smallest absolute Gasteiger partial charge is 0.417 e. The van der Waals surface area contributed by atoms with Gasteiger partial charge in [-0.15, -0.1) is 0 Å². The van der Waals surface area contributed by atoms with Gasteiger partial charge in [-0.1, -0.05) is 18.7 Å². The molecule has 0 radical (unpaired) electrons. The number of fused-ring (bicyclic) bond motifs is 1. The van der Waals surface area contributed by atoms with E-state index in [-0.39, 0.29) is 50.2 Å². The van der Waals surface area contributed by atoms with Crippen molar-refractivity contribution >= 4 is 26.2 Å². The number of alkyl halides is 3. The Morgan fingerprint density at radius 2 is 1.93 bits per heavy atom. The minimum Gasteiger partial charge on any atom is -0.493 e. The number of aromatic nitrogens is 2. The van der Waals surface area contributed by atoms with Crippen molar-refractivity contribution in [2.75, 3.05) is 24.6 Å². The number of halogens is 4. The highest BCUT2D eigenvalue weighted by Gasteiger charge is 2.42. The quantitative estimate of drug-likeness (QED) is 0.280. The molecule has 0 saturated heterocycles. The van der Waals surface area contributed by atoms with Gasteiger partial charge in [0.05, 0.1) is 16.9 Å². The zero-order valence-electron chi connectivity index (χ0n) is 17.4. The number of aryl methyl sites for hydroxylation is 1. The molecule has 2 aromatic rings. The number of anilines is 1. The lowest BCUT2D eigenvalue weighted by Crippen LogP contribution is -2.28. The van der Waals surface area contributed by atoms with E-state index < -0.39 is 23.5 Å². The summed E-state index contributed by atoms with van der Waals surface area (Å²) in [4.78, 5) is 8.42. The SMILES string of the molecule is CPN(C)c1cc(C)c(C(F)(F)F)c(C2Cc3nc(SC)nc(O)c3CC2C)c1F. The van der Waals surface area contributed by atoms with E-state index in [0.29, 0.717) is 16.4 Å². The molecule has 0 fully saturated rings. The summed E-state index contributed by atoms with van der Waals surface area (Å²) in [7, 11) is 1.88. The van der Waals surface area contributed by atoms with Gasteiger partial charge in [0.2, 0.25) is 5.88 Å². The summed E-state index contributed by atoms with van der Waals surface area (Å²) in [6, 6.07) is 1.28. The first-order valence-electron chi connectivity index (χ1n) is 9.43. The van der Waals surface area contributed by atoms with Gasteiger partial charge >= 0.3 is 6.18 Å². The second-order valence-electron chi connectivity index (χ2n) is 7.55. The van der Waals surface area contributed by atoms with Crippen molar-refractivity contribution in [3.8, 4) is 5.88 Å². The fourth-order valence-electron chi connectivity index (χ4n) is 4.11. The minimum absolute atomic E-state index is 0.00679. The fourth-order valence-corrected chi connectivity index (χ4v) is 4.90. The van der Waals surface area contributed by atoms with E-state index in [1.807, 2.05) is 6.66 Å². The van der Waals surface area contributed by atoms with Crippen LogP contribution >= 0.6 is 20.5 Å². The molecule has 0 aliphatic heterocycles. The highest BCUT2D eigenvalue weighted by molar-refractivity contribution is 7.98. The van der Waals surface area contributed by atoms with Crippen LogP contribution < -0.4 is 4.67 Å². The van der Waals surface area contributed by atoms with Crippen molar-refractivity contribution < 1.29 is 22.7 Å². The number of nitrogens with zero attached hydrogens (tertiary/aromatic N) is 3. The highest BCUT2D eigenvalue weighted by atomic mass is 32.2. The standard InChI is InChI=1S/C20H24F4N3OPS/c1-9-6-12-13(25-19(30-5)26-18(12)28)8-11(9)15-16(20(22,23)24)10(2)7-14(17(15)21)27(3)29-4/h7,9,11,29H,6,8H2,1-5H3,(H,25,26,28). The van der Waals surface area contributed by atoms with Crippen LogP contribution in [0.2, 0.25) is 0 Å². The topological polar surface area (TPSA) is 49.2 Å². The molecule has 164 valence electrons. The maximum atomic E-state index is 15.6. The van der Waals surface area contributed by atoms with Gasteiger partial charge in [0.15, 0.2) is 11.0 Å². The average Bonchev–Trinajstić information content (AvgIpc) is 2.67. The molecule has 1 aromatic carbocycles. The first-order valence-corrected chi connectivity index (χ1v) is 12.1. The number of benzene rings is 1. The first-order chi connectivity index (χ1) is 14.0. The molecule has 1 aliphatic rings. The lowest BCUT2D eigenvalue weighted by atomic mass is 9.73. The Bertz CT molecular complexity index is 970. The zero-order chi connectivity index (χ0) is 22.4. The van der Waals surface area contributed by atoms with Gasteiger partial charge in [-0.25, -0.2) is 9.37 Å². The molecule has 0 spiro atoms. The summed E-state index contributed by atoms with van der Waals surface area (Å²) >= 11 is 1.23. The summed E-state index contributed by atoms with van der Waals surface area (Å²) in [5.41, 5.74) is -0.0105. The molecule has 10 heteroatoms. The van der Waals surface area contributed by atoms with Crippen LogP contribution in [0.25, 0.3) is 0 Å². The maximum absolute atomic E-state index is 15.6. The fraction of sp³-hybridized carbons (Fsp3) is 0.500. The van der Waals surface area contributed by atoms with E-state index in [1.54, 1.807) is 24.9 Å². The first kappa shape index (κ1) is 23.1. The summed E-state index contributed by atoms with van der Waals surface area (Å²) in [5.74, 6) is -2.02. The van der Waals surface area contributed by atoms with Gasteiger partial charge in [0.1, 0.15) is 0 Å².